The molecule has 0 spiro atoms. The van der Waals surface area contributed by atoms with Crippen molar-refractivity contribution >= 4 is 29.1 Å². The standard InChI is InChI=1S/C20H23ClN2O2/c1-14-5-4-6-15(2)20(14)22-19(25)11-12-23(16(3)24)13-17-7-9-18(21)10-8-17/h4-10H,11-13H2,1-3H3,(H,22,25). The summed E-state index contributed by atoms with van der Waals surface area (Å²) in [6.07, 6.45) is 0.251. The second-order valence-corrected chi connectivity index (χ2v) is 6.57. The molecular formula is C20H23ClN2O2. The first-order chi connectivity index (χ1) is 11.9. The quantitative estimate of drug-likeness (QED) is 0.835. The van der Waals surface area contributed by atoms with Crippen LogP contribution in [0.15, 0.2) is 42.5 Å². The number of anilines is 1. The Kier molecular flexibility index (Phi) is 6.59. The van der Waals surface area contributed by atoms with Gasteiger partial charge in [0.05, 0.1) is 0 Å². The van der Waals surface area contributed by atoms with Crippen LogP contribution < -0.4 is 5.32 Å². The fourth-order valence-electron chi connectivity index (χ4n) is 2.61. The van der Waals surface area contributed by atoms with Crippen LogP contribution in [0.3, 0.4) is 0 Å². The van der Waals surface area contributed by atoms with E-state index in [4.69, 9.17) is 11.6 Å². The lowest BCUT2D eigenvalue weighted by Gasteiger charge is -2.21. The zero-order valence-electron chi connectivity index (χ0n) is 14.8. The van der Waals surface area contributed by atoms with Crippen LogP contribution in [0.2, 0.25) is 5.02 Å². The minimum absolute atomic E-state index is 0.0603. The van der Waals surface area contributed by atoms with Gasteiger partial charge in [-0.15, -0.1) is 0 Å². The Labute approximate surface area is 153 Å². The predicted molar refractivity (Wildman–Crippen MR) is 102 cm³/mol. The van der Waals surface area contributed by atoms with Crippen molar-refractivity contribution in [2.24, 2.45) is 0 Å². The van der Waals surface area contributed by atoms with E-state index in [1.807, 2.05) is 44.2 Å². The lowest BCUT2D eigenvalue weighted by molar-refractivity contribution is -0.129. The molecule has 0 aliphatic carbocycles. The molecule has 0 aromatic heterocycles. The first kappa shape index (κ1) is 19.0. The topological polar surface area (TPSA) is 49.4 Å². The molecule has 2 aromatic carbocycles. The third kappa shape index (κ3) is 5.61. The van der Waals surface area contributed by atoms with Crippen LogP contribution in [0.5, 0.6) is 0 Å². The van der Waals surface area contributed by atoms with Crippen LogP contribution >= 0.6 is 11.6 Å². The molecule has 2 amide bonds. The van der Waals surface area contributed by atoms with Gasteiger partial charge in [0.1, 0.15) is 0 Å². The van der Waals surface area contributed by atoms with Crippen LogP contribution in [0.4, 0.5) is 5.69 Å². The highest BCUT2D eigenvalue weighted by Crippen LogP contribution is 2.19. The monoisotopic (exact) mass is 358 g/mol. The molecule has 2 rings (SSSR count). The van der Waals surface area contributed by atoms with Crippen molar-refractivity contribution in [1.29, 1.82) is 0 Å². The number of carbonyl (C=O) groups is 2. The van der Waals surface area contributed by atoms with E-state index in [0.29, 0.717) is 18.1 Å². The van der Waals surface area contributed by atoms with E-state index in [1.165, 1.54) is 6.92 Å². The zero-order chi connectivity index (χ0) is 18.4. The largest absolute Gasteiger partial charge is 0.338 e. The van der Waals surface area contributed by atoms with Gasteiger partial charge in [-0.25, -0.2) is 0 Å². The van der Waals surface area contributed by atoms with Gasteiger partial charge in [0.15, 0.2) is 0 Å². The summed E-state index contributed by atoms with van der Waals surface area (Å²) < 4.78 is 0. The lowest BCUT2D eigenvalue weighted by Crippen LogP contribution is -2.31. The number of benzene rings is 2. The maximum absolute atomic E-state index is 12.3. The molecular weight excluding hydrogens is 336 g/mol. The third-order valence-corrected chi connectivity index (χ3v) is 4.34. The van der Waals surface area contributed by atoms with Crippen LogP contribution in [0.25, 0.3) is 0 Å². The van der Waals surface area contributed by atoms with Crippen molar-refractivity contribution in [3.63, 3.8) is 0 Å². The molecule has 0 saturated heterocycles. The predicted octanol–water partition coefficient (Wildman–Crippen LogP) is 4.33. The van der Waals surface area contributed by atoms with Crippen molar-refractivity contribution in [3.05, 3.63) is 64.2 Å². The van der Waals surface area contributed by atoms with E-state index in [9.17, 15) is 9.59 Å². The van der Waals surface area contributed by atoms with Crippen molar-refractivity contribution in [2.75, 3.05) is 11.9 Å². The summed E-state index contributed by atoms with van der Waals surface area (Å²) in [7, 11) is 0. The second-order valence-electron chi connectivity index (χ2n) is 6.13. The maximum Gasteiger partial charge on any atom is 0.226 e. The Hall–Kier alpha value is -2.33. The Balaban J connectivity index is 1.95. The Morgan fingerprint density at radius 1 is 1.04 bits per heavy atom. The maximum atomic E-state index is 12.3. The molecule has 2 aromatic rings. The summed E-state index contributed by atoms with van der Waals surface area (Å²) in [5, 5.41) is 3.61. The van der Waals surface area contributed by atoms with E-state index >= 15 is 0 Å². The van der Waals surface area contributed by atoms with E-state index < -0.39 is 0 Å². The summed E-state index contributed by atoms with van der Waals surface area (Å²) >= 11 is 5.88. The third-order valence-electron chi connectivity index (χ3n) is 4.09. The number of amides is 2. The molecule has 1 N–H and O–H groups in total. The smallest absolute Gasteiger partial charge is 0.226 e. The van der Waals surface area contributed by atoms with Crippen molar-refractivity contribution in [3.8, 4) is 0 Å². The number of halogens is 1. The van der Waals surface area contributed by atoms with E-state index in [-0.39, 0.29) is 18.2 Å². The van der Waals surface area contributed by atoms with Crippen LogP contribution in [0, 0.1) is 13.8 Å². The number of aryl methyl sites for hydroxylation is 2. The molecule has 0 aliphatic rings. The first-order valence-corrected chi connectivity index (χ1v) is 8.60. The zero-order valence-corrected chi connectivity index (χ0v) is 15.6. The molecule has 25 heavy (non-hydrogen) atoms. The average molecular weight is 359 g/mol. The number of rotatable bonds is 6. The number of hydrogen-bond donors (Lipinski definition) is 1. The average Bonchev–Trinajstić information content (AvgIpc) is 2.56. The molecule has 0 atom stereocenters. The number of para-hydroxylation sites is 1. The summed E-state index contributed by atoms with van der Waals surface area (Å²) in [6.45, 7) is 6.27. The molecule has 0 bridgehead atoms. The Bertz CT molecular complexity index is 737. The second kappa shape index (κ2) is 8.67. The van der Waals surface area contributed by atoms with Crippen molar-refractivity contribution in [2.45, 2.75) is 33.7 Å². The fraction of sp³-hybridized carbons (Fsp3) is 0.300. The highest BCUT2D eigenvalue weighted by Gasteiger charge is 2.13. The molecule has 0 unspecified atom stereocenters. The molecule has 0 aliphatic heterocycles. The molecule has 5 heteroatoms. The Morgan fingerprint density at radius 3 is 2.20 bits per heavy atom. The number of carbonyl (C=O) groups excluding carboxylic acids is 2. The molecule has 0 heterocycles. The highest BCUT2D eigenvalue weighted by atomic mass is 35.5. The molecule has 4 nitrogen and oxygen atoms in total. The molecule has 0 saturated carbocycles. The lowest BCUT2D eigenvalue weighted by atomic mass is 10.1. The van der Waals surface area contributed by atoms with Crippen molar-refractivity contribution < 1.29 is 9.59 Å². The summed E-state index contributed by atoms with van der Waals surface area (Å²) in [5.41, 5.74) is 3.88. The Morgan fingerprint density at radius 2 is 1.64 bits per heavy atom. The van der Waals surface area contributed by atoms with E-state index in [2.05, 4.69) is 5.32 Å². The first-order valence-electron chi connectivity index (χ1n) is 8.23. The normalized spacial score (nSPS) is 10.4. The van der Waals surface area contributed by atoms with E-state index in [1.54, 1.807) is 17.0 Å². The van der Waals surface area contributed by atoms with Gasteiger partial charge in [0, 0.05) is 37.1 Å². The van der Waals surface area contributed by atoms with Gasteiger partial charge in [0.25, 0.3) is 0 Å². The number of hydrogen-bond acceptors (Lipinski definition) is 2. The number of nitrogens with zero attached hydrogens (tertiary/aromatic N) is 1. The van der Waals surface area contributed by atoms with Crippen LogP contribution in [0.1, 0.15) is 30.0 Å². The van der Waals surface area contributed by atoms with Crippen molar-refractivity contribution in [1.82, 2.24) is 4.90 Å². The molecule has 132 valence electrons. The van der Waals surface area contributed by atoms with Gasteiger partial charge in [-0.3, -0.25) is 9.59 Å². The van der Waals surface area contributed by atoms with Gasteiger partial charge >= 0.3 is 0 Å². The minimum atomic E-state index is -0.0974. The minimum Gasteiger partial charge on any atom is -0.338 e. The van der Waals surface area contributed by atoms with Gasteiger partial charge < -0.3 is 10.2 Å². The van der Waals surface area contributed by atoms with E-state index in [0.717, 1.165) is 22.4 Å². The SMILES string of the molecule is CC(=O)N(CCC(=O)Nc1c(C)cccc1C)Cc1ccc(Cl)cc1. The highest BCUT2D eigenvalue weighted by molar-refractivity contribution is 6.30. The van der Waals surface area contributed by atoms with Gasteiger partial charge in [0.2, 0.25) is 11.8 Å². The molecule has 0 fully saturated rings. The van der Waals surface area contributed by atoms with Crippen LogP contribution in [-0.4, -0.2) is 23.3 Å². The van der Waals surface area contributed by atoms with Crippen LogP contribution in [-0.2, 0) is 16.1 Å². The van der Waals surface area contributed by atoms with Gasteiger partial charge in [-0.05, 0) is 42.7 Å². The summed E-state index contributed by atoms with van der Waals surface area (Å²) in [6, 6.07) is 13.2. The fourth-order valence-corrected chi connectivity index (χ4v) is 2.73. The van der Waals surface area contributed by atoms with Gasteiger partial charge in [-0.2, -0.15) is 0 Å². The summed E-state index contributed by atoms with van der Waals surface area (Å²) in [5.74, 6) is -0.158. The van der Waals surface area contributed by atoms with Gasteiger partial charge in [-0.1, -0.05) is 41.9 Å². The molecule has 0 radical (unpaired) electrons. The number of nitrogens with one attached hydrogen (secondary N) is 1. The summed E-state index contributed by atoms with van der Waals surface area (Å²) in [4.78, 5) is 25.8.